The zero-order valence-electron chi connectivity index (χ0n) is 19.7. The number of aryl methyl sites for hydroxylation is 2. The summed E-state index contributed by atoms with van der Waals surface area (Å²) >= 11 is 0. The Morgan fingerprint density at radius 3 is 2.46 bits per heavy atom. The van der Waals surface area contributed by atoms with Gasteiger partial charge in [0.1, 0.15) is 17.3 Å². The van der Waals surface area contributed by atoms with Crippen LogP contribution in [0.2, 0.25) is 0 Å². The lowest BCUT2D eigenvalue weighted by Crippen LogP contribution is -2.27. The molecule has 3 heterocycles. The van der Waals surface area contributed by atoms with Gasteiger partial charge in [-0.15, -0.1) is 0 Å². The number of nitrogens with zero attached hydrogens (tertiary/aromatic N) is 3. The number of furan rings is 2. The van der Waals surface area contributed by atoms with E-state index in [2.05, 4.69) is 15.3 Å². The van der Waals surface area contributed by atoms with Crippen molar-refractivity contribution in [2.75, 3.05) is 16.0 Å². The number of carbonyl (C=O) groups excluding carboxylic acids is 1. The van der Waals surface area contributed by atoms with Gasteiger partial charge in [0.05, 0.1) is 37.0 Å². The molecule has 1 amide bonds. The van der Waals surface area contributed by atoms with Crippen molar-refractivity contribution in [1.29, 1.82) is 0 Å². The first kappa shape index (κ1) is 24.2. The van der Waals surface area contributed by atoms with E-state index in [9.17, 15) is 13.2 Å². The normalized spacial score (nSPS) is 11.4. The highest BCUT2D eigenvalue weighted by Crippen LogP contribution is 2.26. The van der Waals surface area contributed by atoms with Crippen LogP contribution in [0.25, 0.3) is 0 Å². The summed E-state index contributed by atoms with van der Waals surface area (Å²) in [6.45, 7) is 5.77. The van der Waals surface area contributed by atoms with Crippen LogP contribution in [0, 0.1) is 13.8 Å². The molecule has 0 spiro atoms. The fraction of sp³-hybridized carbons (Fsp3) is 0.240. The quantitative estimate of drug-likeness (QED) is 0.337. The fourth-order valence-corrected chi connectivity index (χ4v) is 4.21. The van der Waals surface area contributed by atoms with Gasteiger partial charge in [-0.2, -0.15) is 0 Å². The van der Waals surface area contributed by atoms with E-state index in [-0.39, 0.29) is 24.5 Å². The average Bonchev–Trinajstić information content (AvgIpc) is 3.51. The lowest BCUT2D eigenvalue weighted by Gasteiger charge is -2.24. The third-order valence-electron chi connectivity index (χ3n) is 5.42. The Bertz CT molecular complexity index is 1430. The van der Waals surface area contributed by atoms with Crippen LogP contribution >= 0.6 is 0 Å². The predicted molar refractivity (Wildman–Crippen MR) is 131 cm³/mol. The van der Waals surface area contributed by atoms with Gasteiger partial charge in [-0.1, -0.05) is 25.1 Å². The highest BCUT2D eigenvalue weighted by atomic mass is 32.2. The number of hydrogen-bond acceptors (Lipinski definition) is 8. The first-order valence-corrected chi connectivity index (χ1v) is 12.7. The number of hydrogen-bond donors (Lipinski definition) is 1. The van der Waals surface area contributed by atoms with Crippen molar-refractivity contribution in [2.24, 2.45) is 0 Å². The van der Waals surface area contributed by atoms with Crippen molar-refractivity contribution < 1.29 is 22.0 Å². The second kappa shape index (κ2) is 10.1. The zero-order valence-corrected chi connectivity index (χ0v) is 20.5. The minimum Gasteiger partial charge on any atom is -0.467 e. The number of carbonyl (C=O) groups is 1. The molecule has 0 saturated carbocycles. The molecule has 0 aliphatic rings. The van der Waals surface area contributed by atoms with E-state index in [4.69, 9.17) is 8.83 Å². The van der Waals surface area contributed by atoms with Crippen LogP contribution in [0.15, 0.2) is 75.0 Å². The van der Waals surface area contributed by atoms with Crippen molar-refractivity contribution in [3.05, 3.63) is 89.5 Å². The molecule has 0 unspecified atom stereocenters. The molecule has 10 heteroatoms. The van der Waals surface area contributed by atoms with Crippen molar-refractivity contribution in [3.63, 3.8) is 0 Å². The molecule has 182 valence electrons. The van der Waals surface area contributed by atoms with Gasteiger partial charge in [-0.3, -0.25) is 4.79 Å². The molecule has 35 heavy (non-hydrogen) atoms. The van der Waals surface area contributed by atoms with Crippen LogP contribution in [0.1, 0.15) is 40.3 Å². The Morgan fingerprint density at radius 1 is 1.03 bits per heavy atom. The van der Waals surface area contributed by atoms with E-state index < -0.39 is 20.9 Å². The Morgan fingerprint density at radius 2 is 1.80 bits per heavy atom. The number of anilines is 2. The summed E-state index contributed by atoms with van der Waals surface area (Å²) < 4.78 is 36.3. The van der Waals surface area contributed by atoms with E-state index in [1.807, 2.05) is 49.1 Å². The van der Waals surface area contributed by atoms with E-state index in [1.165, 1.54) is 13.1 Å². The third-order valence-corrected chi connectivity index (χ3v) is 6.94. The van der Waals surface area contributed by atoms with Gasteiger partial charge in [0.2, 0.25) is 15.0 Å². The Balaban J connectivity index is 1.80. The maximum atomic E-state index is 13.4. The first-order chi connectivity index (χ1) is 16.8. The number of nitrogens with one attached hydrogen (secondary N) is 1. The molecule has 0 bridgehead atoms. The minimum absolute atomic E-state index is 0.0647. The molecular formula is C25H26N4O5S. The number of benzene rings is 1. The maximum absolute atomic E-state index is 13.4. The number of sulfone groups is 1. The fourth-order valence-electron chi connectivity index (χ4n) is 3.51. The van der Waals surface area contributed by atoms with Crippen LogP contribution in [0.5, 0.6) is 0 Å². The Labute approximate surface area is 203 Å². The van der Waals surface area contributed by atoms with Crippen molar-refractivity contribution in [2.45, 2.75) is 39.0 Å². The number of amides is 1. The highest BCUT2D eigenvalue weighted by Gasteiger charge is 2.26. The smallest absolute Gasteiger partial charge is 0.276 e. The van der Waals surface area contributed by atoms with E-state index >= 15 is 0 Å². The molecule has 1 aromatic carbocycles. The molecule has 0 aliphatic carbocycles. The lowest BCUT2D eigenvalue weighted by atomic mass is 10.2. The highest BCUT2D eigenvalue weighted by molar-refractivity contribution is 7.91. The molecule has 0 radical (unpaired) electrons. The topological polar surface area (TPSA) is 119 Å². The summed E-state index contributed by atoms with van der Waals surface area (Å²) in [5.74, 6) is 1.31. The van der Waals surface area contributed by atoms with Crippen LogP contribution < -0.4 is 10.2 Å². The van der Waals surface area contributed by atoms with Crippen LogP contribution in [0.4, 0.5) is 11.4 Å². The summed E-state index contributed by atoms with van der Waals surface area (Å²) in [6, 6.07) is 14.6. The van der Waals surface area contributed by atoms with Gasteiger partial charge in [-0.25, -0.2) is 18.4 Å². The largest absolute Gasteiger partial charge is 0.467 e. The second-order valence-corrected chi connectivity index (χ2v) is 10.2. The second-order valence-electron chi connectivity index (χ2n) is 8.01. The molecular weight excluding hydrogens is 468 g/mol. The molecule has 1 N–H and O–H groups in total. The van der Waals surface area contributed by atoms with Gasteiger partial charge in [0.15, 0.2) is 5.69 Å². The first-order valence-electron chi connectivity index (χ1n) is 11.1. The van der Waals surface area contributed by atoms with Gasteiger partial charge in [0.25, 0.3) is 5.91 Å². The van der Waals surface area contributed by atoms with Crippen molar-refractivity contribution >= 4 is 27.1 Å². The van der Waals surface area contributed by atoms with Crippen LogP contribution in [-0.2, 0) is 22.9 Å². The molecule has 3 aromatic heterocycles. The average molecular weight is 495 g/mol. The maximum Gasteiger partial charge on any atom is 0.276 e. The number of aromatic nitrogens is 2. The Kier molecular flexibility index (Phi) is 7.02. The molecule has 0 saturated heterocycles. The predicted octanol–water partition coefficient (Wildman–Crippen LogP) is 4.53. The third kappa shape index (κ3) is 5.60. The molecule has 4 aromatic rings. The monoisotopic (exact) mass is 494 g/mol. The summed E-state index contributed by atoms with van der Waals surface area (Å²) in [6.07, 6.45) is 2.92. The van der Waals surface area contributed by atoms with Gasteiger partial charge in [-0.05, 0) is 49.7 Å². The van der Waals surface area contributed by atoms with E-state index in [1.54, 1.807) is 24.5 Å². The number of para-hydroxylation sites is 1. The van der Waals surface area contributed by atoms with Gasteiger partial charge < -0.3 is 19.1 Å². The summed E-state index contributed by atoms with van der Waals surface area (Å²) in [7, 11) is -3.74. The summed E-state index contributed by atoms with van der Waals surface area (Å²) in [4.78, 5) is 23.6. The van der Waals surface area contributed by atoms with Crippen LogP contribution in [0.3, 0.4) is 0 Å². The molecule has 0 aliphatic heterocycles. The van der Waals surface area contributed by atoms with Gasteiger partial charge >= 0.3 is 0 Å². The Hall–Kier alpha value is -3.92. The van der Waals surface area contributed by atoms with E-state index in [0.29, 0.717) is 22.9 Å². The number of rotatable bonds is 9. The standard InChI is InChI=1S/C25H26N4O5S/c1-4-35(31,32)25-26-14-22(23(28-25)24(30)27-21-10-6-5-8-17(21)2)29(15-19-9-7-13-33-19)16-20-12-11-18(3)34-20/h5-14H,4,15-16H2,1-3H3,(H,27,30). The van der Waals surface area contributed by atoms with Crippen molar-refractivity contribution in [3.8, 4) is 0 Å². The molecule has 4 rings (SSSR count). The van der Waals surface area contributed by atoms with E-state index in [0.717, 1.165) is 11.3 Å². The van der Waals surface area contributed by atoms with Crippen molar-refractivity contribution in [1.82, 2.24) is 9.97 Å². The SMILES string of the molecule is CCS(=O)(=O)c1ncc(N(Cc2ccco2)Cc2ccc(C)o2)c(C(=O)Nc2ccccc2C)n1. The molecule has 0 atom stereocenters. The summed E-state index contributed by atoms with van der Waals surface area (Å²) in [5.41, 5.74) is 1.74. The van der Waals surface area contributed by atoms with Crippen LogP contribution in [-0.4, -0.2) is 30.0 Å². The summed E-state index contributed by atoms with van der Waals surface area (Å²) in [5, 5.41) is 2.45. The lowest BCUT2D eigenvalue weighted by molar-refractivity contribution is 0.102. The molecule has 0 fully saturated rings. The molecule has 9 nitrogen and oxygen atoms in total. The van der Waals surface area contributed by atoms with Gasteiger partial charge in [0, 0.05) is 5.69 Å². The minimum atomic E-state index is -3.74. The zero-order chi connectivity index (χ0) is 25.0.